The van der Waals surface area contributed by atoms with Gasteiger partial charge >= 0.3 is 0 Å². The molecule has 0 aromatic heterocycles. The summed E-state index contributed by atoms with van der Waals surface area (Å²) in [5.41, 5.74) is 0.130. The SMILES string of the molecule is CCS(=O)(=O)N1CC(CN(C)C)C2(CCOCC2)C1. The first kappa shape index (κ1) is 15.2. The van der Waals surface area contributed by atoms with Crippen molar-refractivity contribution in [3.8, 4) is 0 Å². The molecule has 2 aliphatic rings. The largest absolute Gasteiger partial charge is 0.381 e. The molecule has 0 aliphatic carbocycles. The summed E-state index contributed by atoms with van der Waals surface area (Å²) in [5.74, 6) is 0.626. The number of hydrogen-bond acceptors (Lipinski definition) is 4. The van der Waals surface area contributed by atoms with Gasteiger partial charge in [0.2, 0.25) is 10.0 Å². The van der Waals surface area contributed by atoms with Gasteiger partial charge in [0, 0.05) is 32.8 Å². The topological polar surface area (TPSA) is 49.9 Å². The van der Waals surface area contributed by atoms with Crippen molar-refractivity contribution in [3.63, 3.8) is 0 Å². The van der Waals surface area contributed by atoms with Crippen molar-refractivity contribution in [2.24, 2.45) is 11.3 Å². The molecule has 112 valence electrons. The van der Waals surface area contributed by atoms with Gasteiger partial charge in [0.05, 0.1) is 5.75 Å². The molecule has 0 amide bonds. The number of nitrogens with zero attached hydrogens (tertiary/aromatic N) is 2. The Balaban J connectivity index is 2.19. The molecular formula is C13H26N2O3S. The van der Waals surface area contributed by atoms with E-state index in [1.807, 2.05) is 0 Å². The zero-order chi connectivity index (χ0) is 14.1. The lowest BCUT2D eigenvalue weighted by molar-refractivity contribution is -0.00332. The number of rotatable bonds is 4. The molecule has 0 bridgehead atoms. The van der Waals surface area contributed by atoms with Crippen LogP contribution < -0.4 is 0 Å². The maximum absolute atomic E-state index is 12.1. The summed E-state index contributed by atoms with van der Waals surface area (Å²) in [6, 6.07) is 0. The summed E-state index contributed by atoms with van der Waals surface area (Å²) < 4.78 is 31.5. The van der Waals surface area contributed by atoms with Gasteiger partial charge in [-0.05, 0) is 45.2 Å². The third-order valence-electron chi connectivity index (χ3n) is 4.61. The number of ether oxygens (including phenoxy) is 1. The van der Waals surface area contributed by atoms with Crippen molar-refractivity contribution in [1.82, 2.24) is 9.21 Å². The van der Waals surface area contributed by atoms with Gasteiger partial charge in [0.25, 0.3) is 0 Å². The first-order valence-corrected chi connectivity index (χ1v) is 8.71. The standard InChI is InChI=1S/C13H26N2O3S/c1-4-19(16,17)15-10-12(9-14(2)3)13(11-15)5-7-18-8-6-13/h12H,4-11H2,1-3H3. The lowest BCUT2D eigenvalue weighted by Gasteiger charge is -2.39. The van der Waals surface area contributed by atoms with Gasteiger partial charge in [-0.1, -0.05) is 0 Å². The minimum atomic E-state index is -3.07. The second-order valence-electron chi connectivity index (χ2n) is 6.13. The van der Waals surface area contributed by atoms with Crippen molar-refractivity contribution in [2.75, 3.05) is 52.7 Å². The van der Waals surface area contributed by atoms with Crippen molar-refractivity contribution in [2.45, 2.75) is 19.8 Å². The molecule has 1 spiro atoms. The second kappa shape index (κ2) is 5.68. The van der Waals surface area contributed by atoms with E-state index in [-0.39, 0.29) is 11.2 Å². The van der Waals surface area contributed by atoms with E-state index in [1.165, 1.54) is 0 Å². The van der Waals surface area contributed by atoms with E-state index in [2.05, 4.69) is 19.0 Å². The maximum Gasteiger partial charge on any atom is 0.213 e. The summed E-state index contributed by atoms with van der Waals surface area (Å²) in [4.78, 5) is 2.17. The van der Waals surface area contributed by atoms with Gasteiger partial charge in [-0.3, -0.25) is 0 Å². The van der Waals surface area contributed by atoms with E-state index in [0.717, 1.165) is 32.6 Å². The highest BCUT2D eigenvalue weighted by Crippen LogP contribution is 2.45. The molecule has 2 heterocycles. The average Bonchev–Trinajstić information content (AvgIpc) is 2.69. The zero-order valence-corrected chi connectivity index (χ0v) is 13.1. The van der Waals surface area contributed by atoms with E-state index in [4.69, 9.17) is 4.74 Å². The van der Waals surface area contributed by atoms with Crippen LogP contribution in [-0.2, 0) is 14.8 Å². The molecule has 0 aromatic rings. The smallest absolute Gasteiger partial charge is 0.213 e. The van der Waals surface area contributed by atoms with E-state index in [0.29, 0.717) is 19.0 Å². The molecule has 1 unspecified atom stereocenters. The zero-order valence-electron chi connectivity index (χ0n) is 12.3. The Morgan fingerprint density at radius 2 is 1.95 bits per heavy atom. The average molecular weight is 290 g/mol. The molecule has 19 heavy (non-hydrogen) atoms. The van der Waals surface area contributed by atoms with Crippen LogP contribution in [0.2, 0.25) is 0 Å². The van der Waals surface area contributed by atoms with Crippen LogP contribution in [0.4, 0.5) is 0 Å². The highest BCUT2D eigenvalue weighted by atomic mass is 32.2. The van der Waals surface area contributed by atoms with Crippen molar-refractivity contribution in [3.05, 3.63) is 0 Å². The minimum absolute atomic E-state index is 0.130. The summed E-state index contributed by atoms with van der Waals surface area (Å²) >= 11 is 0. The fourth-order valence-corrected chi connectivity index (χ4v) is 4.64. The Hall–Kier alpha value is -0.170. The fourth-order valence-electron chi connectivity index (χ4n) is 3.42. The van der Waals surface area contributed by atoms with Crippen LogP contribution in [0.1, 0.15) is 19.8 Å². The van der Waals surface area contributed by atoms with Crippen LogP contribution in [0.5, 0.6) is 0 Å². The third kappa shape index (κ3) is 3.12. The van der Waals surface area contributed by atoms with Crippen molar-refractivity contribution >= 4 is 10.0 Å². The van der Waals surface area contributed by atoms with Gasteiger partial charge in [0.1, 0.15) is 0 Å². The van der Waals surface area contributed by atoms with E-state index in [9.17, 15) is 8.42 Å². The Bertz CT molecular complexity index is 402. The Morgan fingerprint density at radius 1 is 1.32 bits per heavy atom. The second-order valence-corrected chi connectivity index (χ2v) is 8.38. The monoisotopic (exact) mass is 290 g/mol. The summed E-state index contributed by atoms with van der Waals surface area (Å²) in [5, 5.41) is 0. The number of sulfonamides is 1. The molecule has 2 rings (SSSR count). The van der Waals surface area contributed by atoms with Gasteiger partial charge in [-0.2, -0.15) is 0 Å². The molecule has 5 nitrogen and oxygen atoms in total. The highest BCUT2D eigenvalue weighted by Gasteiger charge is 2.49. The van der Waals surface area contributed by atoms with Crippen LogP contribution in [0.25, 0.3) is 0 Å². The Morgan fingerprint density at radius 3 is 2.47 bits per heavy atom. The maximum atomic E-state index is 12.1. The first-order valence-electron chi connectivity index (χ1n) is 7.10. The summed E-state index contributed by atoms with van der Waals surface area (Å²) in [7, 11) is 1.05. The highest BCUT2D eigenvalue weighted by molar-refractivity contribution is 7.89. The lowest BCUT2D eigenvalue weighted by Crippen LogP contribution is -2.41. The normalized spacial score (nSPS) is 28.3. The van der Waals surface area contributed by atoms with Gasteiger partial charge < -0.3 is 9.64 Å². The lowest BCUT2D eigenvalue weighted by atomic mass is 9.72. The Labute approximate surface area is 117 Å². The van der Waals surface area contributed by atoms with Crippen LogP contribution in [0.3, 0.4) is 0 Å². The molecule has 0 radical (unpaired) electrons. The van der Waals surface area contributed by atoms with E-state index in [1.54, 1.807) is 11.2 Å². The van der Waals surface area contributed by atoms with Crippen LogP contribution >= 0.6 is 0 Å². The molecule has 0 aromatic carbocycles. The molecular weight excluding hydrogens is 264 g/mol. The van der Waals surface area contributed by atoms with E-state index < -0.39 is 10.0 Å². The number of hydrogen-bond donors (Lipinski definition) is 0. The van der Waals surface area contributed by atoms with Crippen LogP contribution in [0.15, 0.2) is 0 Å². The van der Waals surface area contributed by atoms with Crippen molar-refractivity contribution in [1.29, 1.82) is 0 Å². The quantitative estimate of drug-likeness (QED) is 0.762. The Kier molecular flexibility index (Phi) is 4.55. The molecule has 1 atom stereocenters. The predicted octanol–water partition coefficient (Wildman–Crippen LogP) is 0.626. The van der Waals surface area contributed by atoms with E-state index >= 15 is 0 Å². The van der Waals surface area contributed by atoms with Gasteiger partial charge in [-0.25, -0.2) is 12.7 Å². The predicted molar refractivity (Wildman–Crippen MR) is 75.6 cm³/mol. The van der Waals surface area contributed by atoms with Gasteiger partial charge in [-0.15, -0.1) is 0 Å². The molecule has 0 saturated carbocycles. The van der Waals surface area contributed by atoms with Crippen LogP contribution in [-0.4, -0.2) is 70.3 Å². The summed E-state index contributed by atoms with van der Waals surface area (Å²) in [6.45, 7) is 5.58. The molecule has 2 fully saturated rings. The third-order valence-corrected chi connectivity index (χ3v) is 6.41. The van der Waals surface area contributed by atoms with Gasteiger partial charge in [0.15, 0.2) is 0 Å². The fraction of sp³-hybridized carbons (Fsp3) is 1.00. The molecule has 2 saturated heterocycles. The molecule has 2 aliphatic heterocycles. The van der Waals surface area contributed by atoms with Crippen LogP contribution in [0, 0.1) is 11.3 Å². The van der Waals surface area contributed by atoms with Crippen molar-refractivity contribution < 1.29 is 13.2 Å². The first-order chi connectivity index (χ1) is 8.89. The molecule has 0 N–H and O–H groups in total. The minimum Gasteiger partial charge on any atom is -0.381 e. The molecule has 6 heteroatoms. The summed E-state index contributed by atoms with van der Waals surface area (Å²) in [6.07, 6.45) is 1.97.